The number of aliphatic hydroxyl groups excluding tert-OH is 1. The predicted octanol–water partition coefficient (Wildman–Crippen LogP) is 0.769. The molecule has 21 heavy (non-hydrogen) atoms. The van der Waals surface area contributed by atoms with Crippen molar-refractivity contribution in [3.8, 4) is 0 Å². The molecule has 2 rings (SSSR count). The van der Waals surface area contributed by atoms with Gasteiger partial charge in [-0.1, -0.05) is 37.1 Å². The van der Waals surface area contributed by atoms with Crippen LogP contribution in [0, 0.1) is 6.92 Å². The van der Waals surface area contributed by atoms with Crippen LogP contribution in [-0.4, -0.2) is 29.6 Å². The highest BCUT2D eigenvalue weighted by atomic mass is 16.3. The Labute approximate surface area is 124 Å². The Hall–Kier alpha value is -1.88. The summed E-state index contributed by atoms with van der Waals surface area (Å²) >= 11 is 0. The van der Waals surface area contributed by atoms with Crippen LogP contribution >= 0.6 is 0 Å². The van der Waals surface area contributed by atoms with E-state index in [0.29, 0.717) is 0 Å². The van der Waals surface area contributed by atoms with E-state index in [0.717, 1.165) is 36.8 Å². The number of primary amides is 1. The molecule has 1 aromatic rings. The van der Waals surface area contributed by atoms with E-state index in [1.54, 1.807) is 0 Å². The van der Waals surface area contributed by atoms with Crippen LogP contribution in [0.15, 0.2) is 24.3 Å². The Kier molecular flexibility index (Phi) is 4.63. The number of rotatable bonds is 5. The number of hydrogen-bond donors (Lipinski definition) is 3. The lowest BCUT2D eigenvalue weighted by Gasteiger charge is -2.31. The molecule has 0 unspecified atom stereocenters. The van der Waals surface area contributed by atoms with Crippen molar-refractivity contribution in [2.45, 2.75) is 44.1 Å². The smallest absolute Gasteiger partial charge is 0.242 e. The molecule has 0 heterocycles. The Morgan fingerprint density at radius 1 is 1.33 bits per heavy atom. The predicted molar refractivity (Wildman–Crippen MR) is 79.5 cm³/mol. The van der Waals surface area contributed by atoms with Gasteiger partial charge in [0.05, 0.1) is 12.0 Å². The highest BCUT2D eigenvalue weighted by Crippen LogP contribution is 2.42. The fourth-order valence-corrected chi connectivity index (χ4v) is 3.21. The summed E-state index contributed by atoms with van der Waals surface area (Å²) in [5.41, 5.74) is 6.64. The number of carbonyl (C=O) groups excluding carboxylic acids is 2. The third-order valence-electron chi connectivity index (χ3n) is 4.38. The van der Waals surface area contributed by atoms with Crippen molar-refractivity contribution in [1.82, 2.24) is 5.32 Å². The first-order valence-corrected chi connectivity index (χ1v) is 7.28. The van der Waals surface area contributed by atoms with Gasteiger partial charge in [-0.3, -0.25) is 9.59 Å². The first-order chi connectivity index (χ1) is 10.0. The minimum Gasteiger partial charge on any atom is -0.394 e. The zero-order valence-electron chi connectivity index (χ0n) is 12.3. The number of benzene rings is 1. The molecular formula is C16H22N2O3. The number of aliphatic hydroxyl groups is 1. The summed E-state index contributed by atoms with van der Waals surface area (Å²) < 4.78 is 0. The van der Waals surface area contributed by atoms with E-state index in [9.17, 15) is 14.7 Å². The third kappa shape index (κ3) is 2.93. The minimum absolute atomic E-state index is 0.216. The van der Waals surface area contributed by atoms with Crippen molar-refractivity contribution in [2.24, 2.45) is 5.73 Å². The number of aryl methyl sites for hydroxylation is 1. The number of hydrogen-bond acceptors (Lipinski definition) is 3. The van der Waals surface area contributed by atoms with Gasteiger partial charge in [-0.25, -0.2) is 0 Å². The number of nitrogens with two attached hydrogens (primary N) is 1. The van der Waals surface area contributed by atoms with E-state index >= 15 is 0 Å². The molecule has 114 valence electrons. The molecule has 0 aromatic heterocycles. The van der Waals surface area contributed by atoms with Gasteiger partial charge in [0.1, 0.15) is 6.04 Å². The molecule has 1 fully saturated rings. The molecule has 0 saturated heterocycles. The van der Waals surface area contributed by atoms with Crippen molar-refractivity contribution in [1.29, 1.82) is 0 Å². The van der Waals surface area contributed by atoms with Gasteiger partial charge >= 0.3 is 0 Å². The van der Waals surface area contributed by atoms with Crippen LogP contribution in [0.2, 0.25) is 0 Å². The maximum absolute atomic E-state index is 12.8. The summed E-state index contributed by atoms with van der Waals surface area (Å²) in [4.78, 5) is 24.0. The van der Waals surface area contributed by atoms with Gasteiger partial charge in [-0.15, -0.1) is 0 Å². The molecule has 1 aliphatic rings. The molecule has 1 atom stereocenters. The summed E-state index contributed by atoms with van der Waals surface area (Å²) in [6.07, 6.45) is 3.45. The van der Waals surface area contributed by atoms with Gasteiger partial charge in [0.25, 0.3) is 0 Å². The zero-order valence-corrected chi connectivity index (χ0v) is 12.3. The van der Waals surface area contributed by atoms with Crippen LogP contribution in [0.5, 0.6) is 0 Å². The molecule has 5 heteroatoms. The fraction of sp³-hybridized carbons (Fsp3) is 0.500. The average molecular weight is 290 g/mol. The van der Waals surface area contributed by atoms with Crippen molar-refractivity contribution < 1.29 is 14.7 Å². The summed E-state index contributed by atoms with van der Waals surface area (Å²) in [6, 6.07) is 6.80. The van der Waals surface area contributed by atoms with Gasteiger partial charge in [0.2, 0.25) is 11.8 Å². The van der Waals surface area contributed by atoms with Crippen LogP contribution in [-0.2, 0) is 15.0 Å². The Morgan fingerprint density at radius 2 is 1.95 bits per heavy atom. The molecule has 0 aliphatic heterocycles. The van der Waals surface area contributed by atoms with Crippen LogP contribution in [0.1, 0.15) is 36.8 Å². The summed E-state index contributed by atoms with van der Waals surface area (Å²) in [5.74, 6) is -0.934. The lowest BCUT2D eigenvalue weighted by Crippen LogP contribution is -2.53. The third-order valence-corrected chi connectivity index (χ3v) is 4.38. The standard InChI is InChI=1S/C16H22N2O3/c1-11-6-2-3-7-12(11)16(8-4-5-9-16)15(21)18-13(10-19)14(17)20/h2-3,6-7,13,19H,4-5,8-10H2,1H3,(H2,17,20)(H,18,21)/t13-/m0/s1. The molecule has 5 nitrogen and oxygen atoms in total. The summed E-state index contributed by atoms with van der Waals surface area (Å²) in [5, 5.41) is 11.8. The Balaban J connectivity index is 2.33. The molecule has 4 N–H and O–H groups in total. The number of amides is 2. The maximum Gasteiger partial charge on any atom is 0.242 e. The van der Waals surface area contributed by atoms with Crippen LogP contribution in [0.3, 0.4) is 0 Å². The molecule has 1 saturated carbocycles. The molecular weight excluding hydrogens is 268 g/mol. The van der Waals surface area contributed by atoms with Gasteiger partial charge in [-0.05, 0) is 30.9 Å². The topological polar surface area (TPSA) is 92.4 Å². The molecule has 1 aromatic carbocycles. The molecule has 1 aliphatic carbocycles. The number of carbonyl (C=O) groups is 2. The quantitative estimate of drug-likeness (QED) is 0.748. The SMILES string of the molecule is Cc1ccccc1C1(C(=O)N[C@@H](CO)C(N)=O)CCCC1. The van der Waals surface area contributed by atoms with Gasteiger partial charge in [0.15, 0.2) is 0 Å². The largest absolute Gasteiger partial charge is 0.394 e. The van der Waals surface area contributed by atoms with Gasteiger partial charge in [-0.2, -0.15) is 0 Å². The van der Waals surface area contributed by atoms with E-state index in [-0.39, 0.29) is 5.91 Å². The normalized spacial score (nSPS) is 18.2. The van der Waals surface area contributed by atoms with Crippen molar-refractivity contribution in [2.75, 3.05) is 6.61 Å². The Morgan fingerprint density at radius 3 is 2.48 bits per heavy atom. The van der Waals surface area contributed by atoms with Crippen molar-refractivity contribution in [3.05, 3.63) is 35.4 Å². The van der Waals surface area contributed by atoms with E-state index in [1.165, 1.54) is 0 Å². The average Bonchev–Trinajstić information content (AvgIpc) is 2.95. The lowest BCUT2D eigenvalue weighted by molar-refractivity contribution is -0.131. The van der Waals surface area contributed by atoms with E-state index < -0.39 is 24.0 Å². The first kappa shape index (κ1) is 15.5. The number of nitrogens with one attached hydrogen (secondary N) is 1. The second-order valence-corrected chi connectivity index (χ2v) is 5.72. The van der Waals surface area contributed by atoms with Gasteiger partial charge in [0, 0.05) is 0 Å². The molecule has 2 amide bonds. The van der Waals surface area contributed by atoms with E-state index in [1.807, 2.05) is 31.2 Å². The Bertz CT molecular complexity index is 536. The van der Waals surface area contributed by atoms with Gasteiger partial charge < -0.3 is 16.2 Å². The van der Waals surface area contributed by atoms with E-state index in [4.69, 9.17) is 5.73 Å². The van der Waals surface area contributed by atoms with Crippen LogP contribution < -0.4 is 11.1 Å². The van der Waals surface area contributed by atoms with Crippen LogP contribution in [0.25, 0.3) is 0 Å². The van der Waals surface area contributed by atoms with Crippen molar-refractivity contribution >= 4 is 11.8 Å². The molecule has 0 radical (unpaired) electrons. The highest BCUT2D eigenvalue weighted by Gasteiger charge is 2.44. The van der Waals surface area contributed by atoms with E-state index in [2.05, 4.69) is 5.32 Å². The van der Waals surface area contributed by atoms with Crippen molar-refractivity contribution in [3.63, 3.8) is 0 Å². The monoisotopic (exact) mass is 290 g/mol. The minimum atomic E-state index is -1.03. The molecule has 0 spiro atoms. The zero-order chi connectivity index (χ0) is 15.5. The maximum atomic E-state index is 12.8. The summed E-state index contributed by atoms with van der Waals surface area (Å²) in [7, 11) is 0. The summed E-state index contributed by atoms with van der Waals surface area (Å²) in [6.45, 7) is 1.51. The van der Waals surface area contributed by atoms with Crippen LogP contribution in [0.4, 0.5) is 0 Å². The fourth-order valence-electron chi connectivity index (χ4n) is 3.21. The second kappa shape index (κ2) is 6.26. The second-order valence-electron chi connectivity index (χ2n) is 5.72. The lowest BCUT2D eigenvalue weighted by atomic mass is 9.76. The highest BCUT2D eigenvalue weighted by molar-refractivity contribution is 5.93. The molecule has 0 bridgehead atoms. The first-order valence-electron chi connectivity index (χ1n) is 7.28.